The number of rotatable bonds is 3. The van der Waals surface area contributed by atoms with Crippen molar-refractivity contribution < 1.29 is 4.74 Å². The molecule has 1 aromatic heterocycles. The van der Waals surface area contributed by atoms with Crippen molar-refractivity contribution in [1.29, 1.82) is 5.26 Å². The highest BCUT2D eigenvalue weighted by atomic mass is 16.5. The first-order valence-corrected chi connectivity index (χ1v) is 5.51. The molecule has 1 atom stereocenters. The largest absolute Gasteiger partial charge is 0.476 e. The molecule has 1 unspecified atom stereocenters. The maximum atomic E-state index is 8.92. The van der Waals surface area contributed by atoms with Crippen LogP contribution >= 0.6 is 0 Å². The van der Waals surface area contributed by atoms with Gasteiger partial charge in [-0.25, -0.2) is 4.98 Å². The highest BCUT2D eigenvalue weighted by molar-refractivity contribution is 5.38. The van der Waals surface area contributed by atoms with Crippen LogP contribution in [0.5, 0.6) is 5.88 Å². The quantitative estimate of drug-likeness (QED) is 0.827. The Balaban J connectivity index is 2.02. The first kappa shape index (κ1) is 10.9. The zero-order chi connectivity index (χ0) is 11.4. The molecule has 1 aliphatic rings. The number of aryl methyl sites for hydroxylation is 1. The molecule has 0 bridgehead atoms. The van der Waals surface area contributed by atoms with E-state index in [0.29, 0.717) is 24.0 Å². The zero-order valence-electron chi connectivity index (χ0n) is 9.36. The molecule has 1 fully saturated rings. The summed E-state index contributed by atoms with van der Waals surface area (Å²) in [6.07, 6.45) is 1.13. The van der Waals surface area contributed by atoms with Gasteiger partial charge in [0.2, 0.25) is 5.88 Å². The Hall–Kier alpha value is -1.60. The van der Waals surface area contributed by atoms with Crippen molar-refractivity contribution in [2.24, 2.45) is 5.92 Å². The molecule has 0 saturated carbocycles. The number of pyridine rings is 1. The van der Waals surface area contributed by atoms with Gasteiger partial charge in [0, 0.05) is 18.2 Å². The number of ether oxygens (including phenoxy) is 1. The summed E-state index contributed by atoms with van der Waals surface area (Å²) in [5.41, 5.74) is 1.38. The Morgan fingerprint density at radius 2 is 2.50 bits per heavy atom. The molecule has 0 radical (unpaired) electrons. The van der Waals surface area contributed by atoms with Gasteiger partial charge < -0.3 is 10.1 Å². The molecule has 1 aromatic rings. The second-order valence-electron chi connectivity index (χ2n) is 4.09. The number of hydrogen-bond donors (Lipinski definition) is 1. The third kappa shape index (κ3) is 2.50. The van der Waals surface area contributed by atoms with Gasteiger partial charge in [-0.05, 0) is 32.0 Å². The van der Waals surface area contributed by atoms with Gasteiger partial charge in [-0.3, -0.25) is 0 Å². The van der Waals surface area contributed by atoms with Gasteiger partial charge in [-0.1, -0.05) is 0 Å². The van der Waals surface area contributed by atoms with Crippen LogP contribution in [0.3, 0.4) is 0 Å². The fourth-order valence-corrected chi connectivity index (χ4v) is 1.78. The molecule has 1 saturated heterocycles. The molecule has 16 heavy (non-hydrogen) atoms. The molecule has 4 heteroatoms. The highest BCUT2D eigenvalue weighted by Gasteiger charge is 2.16. The van der Waals surface area contributed by atoms with Gasteiger partial charge in [-0.2, -0.15) is 5.26 Å². The topological polar surface area (TPSA) is 57.9 Å². The van der Waals surface area contributed by atoms with Gasteiger partial charge >= 0.3 is 0 Å². The molecule has 0 aliphatic carbocycles. The van der Waals surface area contributed by atoms with E-state index < -0.39 is 0 Å². The average molecular weight is 217 g/mol. The summed E-state index contributed by atoms with van der Waals surface area (Å²) in [5.74, 6) is 1.00. The van der Waals surface area contributed by atoms with Crippen molar-refractivity contribution in [3.8, 4) is 11.9 Å². The minimum Gasteiger partial charge on any atom is -0.476 e. The minimum atomic E-state index is 0.467. The molecular formula is C12H15N3O. The van der Waals surface area contributed by atoms with E-state index in [4.69, 9.17) is 10.00 Å². The second kappa shape index (κ2) is 4.95. The van der Waals surface area contributed by atoms with Crippen LogP contribution in [0, 0.1) is 24.2 Å². The predicted octanol–water partition coefficient (Wildman–Crippen LogP) is 1.25. The van der Waals surface area contributed by atoms with Crippen LogP contribution in [0.4, 0.5) is 0 Å². The maximum absolute atomic E-state index is 8.92. The van der Waals surface area contributed by atoms with Crippen LogP contribution in [0.1, 0.15) is 17.7 Å². The maximum Gasteiger partial charge on any atom is 0.231 e. The smallest absolute Gasteiger partial charge is 0.231 e. The average Bonchev–Trinajstić information content (AvgIpc) is 2.79. The summed E-state index contributed by atoms with van der Waals surface area (Å²) in [7, 11) is 0. The minimum absolute atomic E-state index is 0.467. The Morgan fingerprint density at radius 3 is 3.19 bits per heavy atom. The first-order valence-electron chi connectivity index (χ1n) is 5.51. The van der Waals surface area contributed by atoms with Crippen LogP contribution in [0.25, 0.3) is 0 Å². The molecule has 4 nitrogen and oxygen atoms in total. The van der Waals surface area contributed by atoms with E-state index in [1.165, 1.54) is 0 Å². The lowest BCUT2D eigenvalue weighted by atomic mass is 10.1. The summed E-state index contributed by atoms with van der Waals surface area (Å²) in [6, 6.07) is 5.67. The van der Waals surface area contributed by atoms with Crippen LogP contribution in [0.15, 0.2) is 12.1 Å². The van der Waals surface area contributed by atoms with Crippen molar-refractivity contribution in [3.05, 3.63) is 23.4 Å². The normalized spacial score (nSPS) is 19.4. The molecule has 0 spiro atoms. The van der Waals surface area contributed by atoms with Crippen molar-refractivity contribution in [1.82, 2.24) is 10.3 Å². The number of hydrogen-bond acceptors (Lipinski definition) is 4. The van der Waals surface area contributed by atoms with Crippen LogP contribution in [0.2, 0.25) is 0 Å². The fraction of sp³-hybridized carbons (Fsp3) is 0.500. The van der Waals surface area contributed by atoms with Gasteiger partial charge in [0.1, 0.15) is 11.6 Å². The Morgan fingerprint density at radius 1 is 1.62 bits per heavy atom. The van der Waals surface area contributed by atoms with Gasteiger partial charge in [-0.15, -0.1) is 0 Å². The zero-order valence-corrected chi connectivity index (χ0v) is 9.36. The lowest BCUT2D eigenvalue weighted by Gasteiger charge is -2.11. The van der Waals surface area contributed by atoms with E-state index in [0.717, 1.165) is 25.2 Å². The molecule has 0 amide bonds. The summed E-state index contributed by atoms with van der Waals surface area (Å²) in [5, 5.41) is 12.2. The van der Waals surface area contributed by atoms with E-state index in [-0.39, 0.29) is 0 Å². The summed E-state index contributed by atoms with van der Waals surface area (Å²) >= 11 is 0. The van der Waals surface area contributed by atoms with Crippen molar-refractivity contribution in [2.45, 2.75) is 13.3 Å². The molecule has 0 aromatic carbocycles. The Labute approximate surface area is 95.3 Å². The third-order valence-electron chi connectivity index (χ3n) is 2.74. The van der Waals surface area contributed by atoms with E-state index in [1.54, 1.807) is 6.07 Å². The van der Waals surface area contributed by atoms with Crippen LogP contribution in [-0.2, 0) is 0 Å². The lowest BCUT2D eigenvalue weighted by Crippen LogP contribution is -2.16. The molecular weight excluding hydrogens is 202 g/mol. The van der Waals surface area contributed by atoms with Crippen LogP contribution < -0.4 is 10.1 Å². The predicted molar refractivity (Wildman–Crippen MR) is 60.2 cm³/mol. The Bertz CT molecular complexity index is 405. The number of nitrogens with one attached hydrogen (secondary N) is 1. The van der Waals surface area contributed by atoms with E-state index >= 15 is 0 Å². The van der Waals surface area contributed by atoms with Gasteiger partial charge in [0.25, 0.3) is 0 Å². The Kier molecular flexibility index (Phi) is 3.37. The molecule has 2 rings (SSSR count). The second-order valence-corrected chi connectivity index (χ2v) is 4.09. The molecule has 2 heterocycles. The molecule has 1 aliphatic heterocycles. The highest BCUT2D eigenvalue weighted by Crippen LogP contribution is 2.17. The monoisotopic (exact) mass is 217 g/mol. The van der Waals surface area contributed by atoms with Crippen molar-refractivity contribution in [2.75, 3.05) is 19.7 Å². The fourth-order valence-electron chi connectivity index (χ4n) is 1.78. The van der Waals surface area contributed by atoms with E-state index in [2.05, 4.69) is 16.4 Å². The van der Waals surface area contributed by atoms with Crippen molar-refractivity contribution >= 4 is 0 Å². The van der Waals surface area contributed by atoms with E-state index in [9.17, 15) is 0 Å². The summed E-state index contributed by atoms with van der Waals surface area (Å²) in [4.78, 5) is 4.24. The van der Waals surface area contributed by atoms with Gasteiger partial charge in [0.05, 0.1) is 6.61 Å². The summed E-state index contributed by atoms with van der Waals surface area (Å²) < 4.78 is 5.62. The number of aromatic nitrogens is 1. The van der Waals surface area contributed by atoms with Crippen LogP contribution in [-0.4, -0.2) is 24.7 Å². The number of nitriles is 1. The number of nitrogens with zero attached hydrogens (tertiary/aromatic N) is 2. The third-order valence-corrected chi connectivity index (χ3v) is 2.74. The molecule has 1 N–H and O–H groups in total. The van der Waals surface area contributed by atoms with Gasteiger partial charge in [0.15, 0.2) is 0 Å². The van der Waals surface area contributed by atoms with E-state index in [1.807, 2.05) is 13.0 Å². The molecule has 84 valence electrons. The first-order chi connectivity index (χ1) is 7.79. The summed E-state index contributed by atoms with van der Waals surface area (Å²) in [6.45, 7) is 4.58. The SMILES string of the molecule is Cc1ccc(C#N)c(OCC2CCNC2)n1. The van der Waals surface area contributed by atoms with Crippen molar-refractivity contribution in [3.63, 3.8) is 0 Å². The lowest BCUT2D eigenvalue weighted by molar-refractivity contribution is 0.250. The standard InChI is InChI=1S/C12H15N3O/c1-9-2-3-11(6-13)12(15-9)16-8-10-4-5-14-7-10/h2-3,10,14H,4-5,7-8H2,1H3.